The third-order valence-corrected chi connectivity index (χ3v) is 7.59. The van der Waals surface area contributed by atoms with Gasteiger partial charge >= 0.3 is 0 Å². The lowest BCUT2D eigenvalue weighted by Gasteiger charge is -2.29. The number of nitrogens with one attached hydrogen (secondary N) is 1. The minimum Gasteiger partial charge on any atom is -0.314 e. The summed E-state index contributed by atoms with van der Waals surface area (Å²) in [7, 11) is 4.30. The second-order valence-corrected chi connectivity index (χ2v) is 11.5. The average molecular weight is 515 g/mol. The second-order valence-electron chi connectivity index (χ2n) is 7.44. The maximum absolute atomic E-state index is 10.8. The van der Waals surface area contributed by atoms with Crippen LogP contribution in [0.3, 0.4) is 0 Å². The molecule has 0 aromatic rings. The molecule has 0 spiro atoms. The van der Waals surface area contributed by atoms with Crippen LogP contribution in [0.15, 0.2) is 0 Å². The molecule has 3 heterocycles. The van der Waals surface area contributed by atoms with Crippen molar-refractivity contribution in [2.45, 2.75) is 0 Å². The van der Waals surface area contributed by atoms with Crippen molar-refractivity contribution in [2.75, 3.05) is 99.7 Å². The molecule has 15 heteroatoms. The topological polar surface area (TPSA) is 123 Å². The average Bonchev–Trinajstić information content (AvgIpc) is 2.63. The molecule has 3 fully saturated rings. The summed E-state index contributed by atoms with van der Waals surface area (Å²) in [5.41, 5.74) is 0. The molecule has 30 heavy (non-hydrogen) atoms. The summed E-state index contributed by atoms with van der Waals surface area (Å²) in [6, 6.07) is 0. The quantitative estimate of drug-likeness (QED) is 0.410. The maximum atomic E-state index is 10.8. The summed E-state index contributed by atoms with van der Waals surface area (Å²) in [4.78, 5) is 6.47. The Kier molecular flexibility index (Phi) is 14.5. The summed E-state index contributed by atoms with van der Waals surface area (Å²) < 4.78 is 45.7. The molecular formula is C15H37Cl2N7O4S2. The number of halogens is 2. The Morgan fingerprint density at radius 1 is 0.667 bits per heavy atom. The van der Waals surface area contributed by atoms with Gasteiger partial charge in [-0.3, -0.25) is 0 Å². The molecule has 182 valence electrons. The van der Waals surface area contributed by atoms with Crippen molar-refractivity contribution >= 4 is 42.5 Å². The van der Waals surface area contributed by atoms with Crippen molar-refractivity contribution < 1.29 is 16.8 Å². The van der Waals surface area contributed by atoms with Gasteiger partial charge in [-0.15, -0.1) is 12.4 Å². The van der Waals surface area contributed by atoms with Crippen LogP contribution in [0.1, 0.15) is 0 Å². The van der Waals surface area contributed by atoms with E-state index in [1.165, 1.54) is 21.7 Å². The molecule has 3 aliphatic heterocycles. The Morgan fingerprint density at radius 2 is 1.00 bits per heavy atom. The maximum Gasteiger partial charge on any atom is 0.299 e. The molecule has 0 saturated carbocycles. The standard InChI is InChI=1S/C5H11ClN2O2S.C5H13N3O2S.C5H12N2.ClH/c2*1-7-2-4-8(5-3-7)11(6,9)10;1-7-4-2-6-3-5-7;/h2-5H2,1H3;2-5H2,1H3,(H2,6,9,10);6H,2-5H2,1H3;1H. The molecule has 0 aliphatic carbocycles. The highest BCUT2D eigenvalue weighted by Gasteiger charge is 2.23. The van der Waals surface area contributed by atoms with Crippen molar-refractivity contribution in [1.82, 2.24) is 28.6 Å². The van der Waals surface area contributed by atoms with Gasteiger partial charge in [0.15, 0.2) is 0 Å². The van der Waals surface area contributed by atoms with Crippen molar-refractivity contribution in [3.63, 3.8) is 0 Å². The van der Waals surface area contributed by atoms with E-state index in [0.29, 0.717) is 26.2 Å². The number of rotatable bonds is 2. The molecular weight excluding hydrogens is 477 g/mol. The van der Waals surface area contributed by atoms with Crippen LogP contribution in [-0.2, 0) is 19.4 Å². The van der Waals surface area contributed by atoms with Crippen LogP contribution in [0.25, 0.3) is 0 Å². The summed E-state index contributed by atoms with van der Waals surface area (Å²) in [6.07, 6.45) is 0. The third kappa shape index (κ3) is 12.9. The fourth-order valence-corrected chi connectivity index (χ4v) is 4.51. The van der Waals surface area contributed by atoms with Crippen molar-refractivity contribution in [3.05, 3.63) is 0 Å². The second kappa shape index (κ2) is 14.4. The van der Waals surface area contributed by atoms with Gasteiger partial charge < -0.3 is 20.0 Å². The lowest BCUT2D eigenvalue weighted by atomic mass is 10.4. The van der Waals surface area contributed by atoms with E-state index in [1.807, 2.05) is 14.1 Å². The Bertz CT molecular complexity index is 612. The van der Waals surface area contributed by atoms with Gasteiger partial charge in [0.2, 0.25) is 0 Å². The largest absolute Gasteiger partial charge is 0.314 e. The highest BCUT2D eigenvalue weighted by molar-refractivity contribution is 8.11. The summed E-state index contributed by atoms with van der Waals surface area (Å²) in [5, 5.41) is 8.21. The van der Waals surface area contributed by atoms with E-state index in [-0.39, 0.29) is 12.4 Å². The third-order valence-electron chi connectivity index (χ3n) is 4.93. The van der Waals surface area contributed by atoms with Crippen LogP contribution in [0.5, 0.6) is 0 Å². The van der Waals surface area contributed by atoms with Gasteiger partial charge in [-0.2, -0.15) is 25.4 Å². The molecule has 3 aliphatic rings. The predicted molar refractivity (Wildman–Crippen MR) is 124 cm³/mol. The number of hydrogen-bond donors (Lipinski definition) is 2. The molecule has 3 saturated heterocycles. The summed E-state index contributed by atoms with van der Waals surface area (Å²) in [6.45, 7) is 9.80. The van der Waals surface area contributed by atoms with E-state index < -0.39 is 19.4 Å². The molecule has 0 radical (unpaired) electrons. The Balaban J connectivity index is 0.000000424. The number of nitrogens with two attached hydrogens (primary N) is 1. The summed E-state index contributed by atoms with van der Waals surface area (Å²) >= 11 is 0. The van der Waals surface area contributed by atoms with Crippen molar-refractivity contribution in [1.29, 1.82) is 0 Å². The van der Waals surface area contributed by atoms with Gasteiger partial charge in [-0.1, -0.05) is 0 Å². The number of likely N-dealkylation sites (N-methyl/N-ethyl adjacent to an activating group) is 3. The molecule has 0 atom stereocenters. The van der Waals surface area contributed by atoms with Gasteiger partial charge in [0.1, 0.15) is 0 Å². The Morgan fingerprint density at radius 3 is 1.27 bits per heavy atom. The predicted octanol–water partition coefficient (Wildman–Crippen LogP) is -1.90. The molecule has 0 bridgehead atoms. The highest BCUT2D eigenvalue weighted by atomic mass is 35.7. The molecule has 3 N–H and O–H groups in total. The molecule has 0 aromatic heterocycles. The first-order valence-corrected chi connectivity index (χ1v) is 13.4. The zero-order chi connectivity index (χ0) is 22.1. The van der Waals surface area contributed by atoms with Crippen LogP contribution in [0.4, 0.5) is 0 Å². The first kappa shape index (κ1) is 30.2. The van der Waals surface area contributed by atoms with Gasteiger partial charge in [0.25, 0.3) is 19.4 Å². The SMILES string of the molecule is CN1CCN(S(=O)(=O)Cl)CC1.CN1CCN(S(N)(=O)=O)CC1.CN1CCNCC1.Cl. The number of nitrogens with zero attached hydrogens (tertiary/aromatic N) is 5. The molecule has 3 rings (SSSR count). The van der Waals surface area contributed by atoms with Crippen LogP contribution in [0, 0.1) is 0 Å². The Labute approximate surface area is 192 Å². The van der Waals surface area contributed by atoms with E-state index in [4.69, 9.17) is 15.8 Å². The van der Waals surface area contributed by atoms with Gasteiger partial charge in [-0.05, 0) is 21.1 Å². The van der Waals surface area contributed by atoms with Gasteiger partial charge in [-0.25, -0.2) is 5.14 Å². The number of piperazine rings is 3. The first-order chi connectivity index (χ1) is 13.4. The zero-order valence-electron chi connectivity index (χ0n) is 18.0. The van der Waals surface area contributed by atoms with Crippen LogP contribution in [0.2, 0.25) is 0 Å². The fourth-order valence-electron chi connectivity index (χ4n) is 2.83. The van der Waals surface area contributed by atoms with E-state index >= 15 is 0 Å². The van der Waals surface area contributed by atoms with Crippen LogP contribution in [-0.4, -0.2) is 140 Å². The molecule has 0 amide bonds. The van der Waals surface area contributed by atoms with E-state index in [0.717, 1.165) is 39.3 Å². The number of hydrogen-bond acceptors (Lipinski definition) is 8. The fraction of sp³-hybridized carbons (Fsp3) is 1.00. The minimum atomic E-state index is -3.47. The van der Waals surface area contributed by atoms with Gasteiger partial charge in [0.05, 0.1) is 0 Å². The Hall–Kier alpha value is 0.200. The monoisotopic (exact) mass is 513 g/mol. The lowest BCUT2D eigenvalue weighted by molar-refractivity contribution is 0.222. The lowest BCUT2D eigenvalue weighted by Crippen LogP contribution is -2.49. The normalized spacial score (nSPS) is 23.4. The van der Waals surface area contributed by atoms with Crippen LogP contribution < -0.4 is 10.5 Å². The van der Waals surface area contributed by atoms with E-state index in [2.05, 4.69) is 27.1 Å². The van der Waals surface area contributed by atoms with Crippen molar-refractivity contribution in [2.24, 2.45) is 5.14 Å². The molecule has 11 nitrogen and oxygen atoms in total. The van der Waals surface area contributed by atoms with Gasteiger partial charge in [0, 0.05) is 89.2 Å². The minimum absolute atomic E-state index is 0. The summed E-state index contributed by atoms with van der Waals surface area (Å²) in [5.74, 6) is 0. The molecule has 0 unspecified atom stereocenters. The van der Waals surface area contributed by atoms with E-state index in [9.17, 15) is 16.8 Å². The van der Waals surface area contributed by atoms with Crippen LogP contribution >= 0.6 is 23.1 Å². The van der Waals surface area contributed by atoms with E-state index in [1.54, 1.807) is 0 Å². The molecule has 0 aromatic carbocycles. The highest BCUT2D eigenvalue weighted by Crippen LogP contribution is 2.09. The smallest absolute Gasteiger partial charge is 0.299 e. The zero-order valence-corrected chi connectivity index (χ0v) is 21.2. The van der Waals surface area contributed by atoms with Crippen molar-refractivity contribution in [3.8, 4) is 0 Å². The first-order valence-electron chi connectivity index (χ1n) is 9.63.